The van der Waals surface area contributed by atoms with Crippen LogP contribution < -0.4 is 4.74 Å². The van der Waals surface area contributed by atoms with Crippen molar-refractivity contribution in [2.45, 2.75) is 39.1 Å². The quantitative estimate of drug-likeness (QED) is 0.801. The first-order valence-electron chi connectivity index (χ1n) is 5.47. The molecule has 0 radical (unpaired) electrons. The van der Waals surface area contributed by atoms with E-state index in [1.54, 1.807) is 6.07 Å². The molecule has 0 N–H and O–H groups in total. The van der Waals surface area contributed by atoms with Gasteiger partial charge in [0, 0.05) is 17.0 Å². The van der Waals surface area contributed by atoms with Crippen LogP contribution in [0.25, 0.3) is 0 Å². The Kier molecular flexibility index (Phi) is 3.95. The molecule has 0 aliphatic carbocycles. The van der Waals surface area contributed by atoms with Crippen LogP contribution in [0.1, 0.15) is 31.7 Å². The van der Waals surface area contributed by atoms with Gasteiger partial charge in [0.05, 0.1) is 11.6 Å². The molecule has 1 aliphatic rings. The van der Waals surface area contributed by atoms with Gasteiger partial charge in [0.2, 0.25) is 0 Å². The summed E-state index contributed by atoms with van der Waals surface area (Å²) < 4.78 is 11.3. The van der Waals surface area contributed by atoms with Crippen molar-refractivity contribution in [1.29, 1.82) is 0 Å². The topological polar surface area (TPSA) is 18.5 Å². The van der Waals surface area contributed by atoms with Gasteiger partial charge in [-0.3, -0.25) is 0 Å². The van der Waals surface area contributed by atoms with Crippen molar-refractivity contribution in [1.82, 2.24) is 0 Å². The van der Waals surface area contributed by atoms with Crippen LogP contribution in [0, 0.1) is 0 Å². The lowest BCUT2D eigenvalue weighted by Crippen LogP contribution is -2.25. The number of ether oxygens (including phenoxy) is 2. The Labute approximate surface area is 105 Å². The Morgan fingerprint density at radius 1 is 1.38 bits per heavy atom. The molecule has 88 valence electrons. The van der Waals surface area contributed by atoms with Gasteiger partial charge in [-0.15, -0.1) is 0 Å². The zero-order chi connectivity index (χ0) is 11.5. The number of rotatable bonds is 3. The second-order valence-electron chi connectivity index (χ2n) is 3.88. The molecule has 1 atom stereocenters. The molecule has 0 fully saturated rings. The second-order valence-corrected chi connectivity index (χ2v) is 4.72. The van der Waals surface area contributed by atoms with Crippen LogP contribution in [0.4, 0.5) is 0 Å². The molecule has 4 heteroatoms. The SMILES string of the molecule is CCCCC1OCc2cc(Cl)cc(Cl)c2O1. The molecule has 0 bridgehead atoms. The molecule has 2 nitrogen and oxygen atoms in total. The highest BCUT2D eigenvalue weighted by Gasteiger charge is 2.22. The van der Waals surface area contributed by atoms with Crippen LogP contribution in [0.2, 0.25) is 10.0 Å². The Balaban J connectivity index is 2.14. The standard InChI is InChI=1S/C12H14Cl2O2/c1-2-3-4-11-15-7-8-5-9(13)6-10(14)12(8)16-11/h5-6,11H,2-4,7H2,1H3. The van der Waals surface area contributed by atoms with E-state index in [1.807, 2.05) is 6.07 Å². The maximum Gasteiger partial charge on any atom is 0.200 e. The van der Waals surface area contributed by atoms with Gasteiger partial charge in [0.25, 0.3) is 0 Å². The molecule has 1 aliphatic heterocycles. The number of unbranched alkanes of at least 4 members (excludes halogenated alkanes) is 1. The third-order valence-corrected chi connectivity index (χ3v) is 3.05. The van der Waals surface area contributed by atoms with E-state index in [-0.39, 0.29) is 6.29 Å². The van der Waals surface area contributed by atoms with Crippen LogP contribution in [0.3, 0.4) is 0 Å². The number of halogens is 2. The Morgan fingerprint density at radius 3 is 2.94 bits per heavy atom. The van der Waals surface area contributed by atoms with Gasteiger partial charge >= 0.3 is 0 Å². The maximum atomic E-state index is 6.08. The van der Waals surface area contributed by atoms with Crippen molar-refractivity contribution >= 4 is 23.2 Å². The molecule has 1 unspecified atom stereocenters. The smallest absolute Gasteiger partial charge is 0.200 e. The molecule has 0 saturated carbocycles. The molecule has 0 saturated heterocycles. The number of benzene rings is 1. The van der Waals surface area contributed by atoms with Crippen molar-refractivity contribution in [3.05, 3.63) is 27.7 Å². The van der Waals surface area contributed by atoms with E-state index in [9.17, 15) is 0 Å². The highest BCUT2D eigenvalue weighted by molar-refractivity contribution is 6.35. The van der Waals surface area contributed by atoms with Crippen molar-refractivity contribution in [3.8, 4) is 5.75 Å². The lowest BCUT2D eigenvalue weighted by Gasteiger charge is -2.27. The molecule has 1 aromatic rings. The first kappa shape index (κ1) is 12.0. The van der Waals surface area contributed by atoms with E-state index in [0.29, 0.717) is 16.7 Å². The van der Waals surface area contributed by atoms with Crippen LogP contribution in [0.5, 0.6) is 5.75 Å². The normalized spacial score (nSPS) is 19.1. The van der Waals surface area contributed by atoms with E-state index >= 15 is 0 Å². The third kappa shape index (κ3) is 2.62. The van der Waals surface area contributed by atoms with Crippen LogP contribution >= 0.6 is 23.2 Å². The monoisotopic (exact) mass is 260 g/mol. The minimum absolute atomic E-state index is 0.175. The molecule has 0 aromatic heterocycles. The minimum Gasteiger partial charge on any atom is -0.463 e. The first-order chi connectivity index (χ1) is 7.70. The van der Waals surface area contributed by atoms with Gasteiger partial charge in [0.15, 0.2) is 6.29 Å². The lowest BCUT2D eigenvalue weighted by atomic mass is 10.2. The average Bonchev–Trinajstić information content (AvgIpc) is 2.26. The van der Waals surface area contributed by atoms with Gasteiger partial charge in [-0.1, -0.05) is 36.5 Å². The molecular weight excluding hydrogens is 247 g/mol. The highest BCUT2D eigenvalue weighted by Crippen LogP contribution is 2.37. The van der Waals surface area contributed by atoms with E-state index in [1.165, 1.54) is 0 Å². The summed E-state index contributed by atoms with van der Waals surface area (Å²) in [5.74, 6) is 0.721. The van der Waals surface area contributed by atoms with E-state index in [2.05, 4.69) is 6.92 Å². The Hall–Kier alpha value is -0.440. The zero-order valence-electron chi connectivity index (χ0n) is 9.13. The van der Waals surface area contributed by atoms with E-state index in [4.69, 9.17) is 32.7 Å². The Morgan fingerprint density at radius 2 is 2.19 bits per heavy atom. The van der Waals surface area contributed by atoms with Crippen molar-refractivity contribution < 1.29 is 9.47 Å². The Bertz CT molecular complexity index is 380. The zero-order valence-corrected chi connectivity index (χ0v) is 10.6. The third-order valence-electron chi connectivity index (χ3n) is 2.55. The van der Waals surface area contributed by atoms with Crippen LogP contribution in [-0.2, 0) is 11.3 Å². The molecular formula is C12H14Cl2O2. The lowest BCUT2D eigenvalue weighted by molar-refractivity contribution is -0.112. The van der Waals surface area contributed by atoms with Gasteiger partial charge in [-0.05, 0) is 18.6 Å². The van der Waals surface area contributed by atoms with Crippen molar-refractivity contribution in [2.24, 2.45) is 0 Å². The fourth-order valence-electron chi connectivity index (χ4n) is 1.71. The van der Waals surface area contributed by atoms with Gasteiger partial charge in [-0.25, -0.2) is 0 Å². The summed E-state index contributed by atoms with van der Waals surface area (Å²) >= 11 is 12.0. The summed E-state index contributed by atoms with van der Waals surface area (Å²) in [5.41, 5.74) is 0.922. The molecule has 0 spiro atoms. The summed E-state index contributed by atoms with van der Waals surface area (Å²) in [7, 11) is 0. The molecule has 1 heterocycles. The van der Waals surface area contributed by atoms with Crippen molar-refractivity contribution in [2.75, 3.05) is 0 Å². The maximum absolute atomic E-state index is 6.08. The average molecular weight is 261 g/mol. The predicted molar refractivity (Wildman–Crippen MR) is 65.2 cm³/mol. The van der Waals surface area contributed by atoms with Crippen LogP contribution in [-0.4, -0.2) is 6.29 Å². The summed E-state index contributed by atoms with van der Waals surface area (Å²) in [6.45, 7) is 2.66. The summed E-state index contributed by atoms with van der Waals surface area (Å²) in [4.78, 5) is 0. The second kappa shape index (κ2) is 5.26. The molecule has 0 amide bonds. The summed E-state index contributed by atoms with van der Waals surface area (Å²) in [6, 6.07) is 3.53. The highest BCUT2D eigenvalue weighted by atomic mass is 35.5. The minimum atomic E-state index is -0.175. The molecule has 1 aromatic carbocycles. The fourth-order valence-corrected chi connectivity index (χ4v) is 2.29. The number of hydrogen-bond acceptors (Lipinski definition) is 2. The number of hydrogen-bond donors (Lipinski definition) is 0. The first-order valence-corrected chi connectivity index (χ1v) is 6.22. The van der Waals surface area contributed by atoms with E-state index < -0.39 is 0 Å². The van der Waals surface area contributed by atoms with Gasteiger partial charge in [-0.2, -0.15) is 0 Å². The summed E-state index contributed by atoms with van der Waals surface area (Å²) in [6.07, 6.45) is 2.94. The van der Waals surface area contributed by atoms with Crippen molar-refractivity contribution in [3.63, 3.8) is 0 Å². The molecule has 16 heavy (non-hydrogen) atoms. The fraction of sp³-hybridized carbons (Fsp3) is 0.500. The van der Waals surface area contributed by atoms with Gasteiger partial charge < -0.3 is 9.47 Å². The van der Waals surface area contributed by atoms with Gasteiger partial charge in [0.1, 0.15) is 5.75 Å². The summed E-state index contributed by atoms with van der Waals surface area (Å²) in [5, 5.41) is 1.18. The molecule has 2 rings (SSSR count). The number of fused-ring (bicyclic) bond motifs is 1. The largest absolute Gasteiger partial charge is 0.463 e. The van der Waals surface area contributed by atoms with Crippen LogP contribution in [0.15, 0.2) is 12.1 Å². The van der Waals surface area contributed by atoms with E-state index in [0.717, 1.165) is 30.6 Å². The predicted octanol–water partition coefficient (Wildman–Crippen LogP) is 4.42.